The molecule has 0 radical (unpaired) electrons. The predicted octanol–water partition coefficient (Wildman–Crippen LogP) is 2.70. The molecule has 2 aliphatic rings. The van der Waals surface area contributed by atoms with Crippen molar-refractivity contribution < 1.29 is 19.1 Å². The third kappa shape index (κ3) is 5.97. The zero-order valence-corrected chi connectivity index (χ0v) is 16.0. The van der Waals surface area contributed by atoms with Gasteiger partial charge in [0.05, 0.1) is 19.3 Å². The Morgan fingerprint density at radius 2 is 1.80 bits per heavy atom. The molecule has 0 bridgehead atoms. The molecule has 0 amide bonds. The lowest BCUT2D eigenvalue weighted by Gasteiger charge is -2.37. The predicted molar refractivity (Wildman–Crippen MR) is 97.5 cm³/mol. The molecule has 2 unspecified atom stereocenters. The highest BCUT2D eigenvalue weighted by atomic mass is 16.6. The Morgan fingerprint density at radius 1 is 1.20 bits per heavy atom. The lowest BCUT2D eigenvalue weighted by molar-refractivity contribution is -0.132. The van der Waals surface area contributed by atoms with Crippen LogP contribution in [0.15, 0.2) is 27.4 Å². The first-order chi connectivity index (χ1) is 11.9. The molecule has 25 heavy (non-hydrogen) atoms. The van der Waals surface area contributed by atoms with Gasteiger partial charge < -0.3 is 14.3 Å². The van der Waals surface area contributed by atoms with Gasteiger partial charge in [-0.15, -0.1) is 0 Å². The molecule has 0 saturated carbocycles. The van der Waals surface area contributed by atoms with Crippen LogP contribution in [0.25, 0.3) is 0 Å². The van der Waals surface area contributed by atoms with Crippen molar-refractivity contribution in [2.45, 2.75) is 52.7 Å². The minimum Gasteiger partial charge on any atom is -0.465 e. The third-order valence-corrected chi connectivity index (χ3v) is 4.77. The Kier molecular flexibility index (Phi) is 7.20. The van der Waals surface area contributed by atoms with Gasteiger partial charge >= 0.3 is 5.97 Å². The fraction of sp³-hybridized carbons (Fsp3) is 0.684. The van der Waals surface area contributed by atoms with E-state index in [1.54, 1.807) is 0 Å². The van der Waals surface area contributed by atoms with Crippen LogP contribution in [0.2, 0.25) is 0 Å². The van der Waals surface area contributed by atoms with E-state index in [0.29, 0.717) is 6.61 Å². The molecule has 6 heteroatoms. The van der Waals surface area contributed by atoms with Gasteiger partial charge in [0.15, 0.2) is 6.21 Å². The van der Waals surface area contributed by atoms with Crippen molar-refractivity contribution in [3.8, 4) is 0 Å². The van der Waals surface area contributed by atoms with Crippen molar-refractivity contribution in [1.29, 1.82) is 0 Å². The molecule has 0 aromatic heterocycles. The largest absolute Gasteiger partial charge is 0.465 e. The molecule has 0 N–H and O–H groups in total. The van der Waals surface area contributed by atoms with Gasteiger partial charge in [0.1, 0.15) is 6.61 Å². The summed E-state index contributed by atoms with van der Waals surface area (Å²) >= 11 is 0. The van der Waals surface area contributed by atoms with Gasteiger partial charge in [0.2, 0.25) is 0 Å². The van der Waals surface area contributed by atoms with Gasteiger partial charge in [-0.1, -0.05) is 16.3 Å². The molecule has 1 aliphatic carbocycles. The number of oxime groups is 1. The third-order valence-electron chi connectivity index (χ3n) is 4.77. The van der Waals surface area contributed by atoms with E-state index in [0.717, 1.165) is 38.7 Å². The number of carbonyl (C=O) groups is 1. The highest BCUT2D eigenvalue weighted by Crippen LogP contribution is 2.31. The van der Waals surface area contributed by atoms with Crippen molar-refractivity contribution in [3.05, 3.63) is 22.3 Å². The van der Waals surface area contributed by atoms with Crippen molar-refractivity contribution in [2.24, 2.45) is 5.16 Å². The monoisotopic (exact) mass is 350 g/mol. The number of morpholine rings is 1. The maximum atomic E-state index is 11.1. The maximum absolute atomic E-state index is 11.1. The summed E-state index contributed by atoms with van der Waals surface area (Å²) in [6.45, 7) is 11.9. The lowest BCUT2D eigenvalue weighted by atomic mass is 9.87. The Bertz CT molecular complexity index is 570. The van der Waals surface area contributed by atoms with Crippen molar-refractivity contribution >= 4 is 12.2 Å². The van der Waals surface area contributed by atoms with Crippen LogP contribution in [-0.4, -0.2) is 62.6 Å². The Morgan fingerprint density at radius 3 is 2.40 bits per heavy atom. The van der Waals surface area contributed by atoms with Gasteiger partial charge in [-0.25, -0.2) is 4.79 Å². The average Bonchev–Trinajstić information content (AvgIpc) is 2.54. The maximum Gasteiger partial charge on any atom is 0.352 e. The number of ether oxygens (including phenoxy) is 2. The van der Waals surface area contributed by atoms with Gasteiger partial charge in [-0.2, -0.15) is 0 Å². The number of hydrogen-bond donors (Lipinski definition) is 0. The van der Waals surface area contributed by atoms with Crippen LogP contribution >= 0.6 is 0 Å². The Balaban J connectivity index is 2.02. The van der Waals surface area contributed by atoms with Crippen LogP contribution in [0.5, 0.6) is 0 Å². The van der Waals surface area contributed by atoms with E-state index in [4.69, 9.17) is 9.57 Å². The molecule has 0 spiro atoms. The second-order valence-corrected chi connectivity index (χ2v) is 7.10. The number of rotatable bonds is 6. The standard InChI is InChI=1S/C19H30N2O4/c1-13-6-17(11-21-9-15(3)25-16(4)10-21)18(7-14(13)2)12-24-20-8-19(22)23-5/h8,15-16H,6-7,9-12H2,1-5H3. The fourth-order valence-electron chi connectivity index (χ4n) is 3.44. The molecule has 1 saturated heterocycles. The van der Waals surface area contributed by atoms with Crippen LogP contribution in [0, 0.1) is 0 Å². The van der Waals surface area contributed by atoms with Gasteiger partial charge in [-0.3, -0.25) is 4.90 Å². The normalized spacial score (nSPS) is 25.6. The smallest absolute Gasteiger partial charge is 0.352 e. The zero-order chi connectivity index (χ0) is 18.4. The molecule has 2 rings (SSSR count). The molecule has 1 heterocycles. The first kappa shape index (κ1) is 19.7. The molecule has 140 valence electrons. The van der Waals surface area contributed by atoms with Crippen LogP contribution in [-0.2, 0) is 19.1 Å². The molecular formula is C19H30N2O4. The number of carbonyl (C=O) groups excluding carboxylic acids is 1. The molecule has 2 atom stereocenters. The molecular weight excluding hydrogens is 320 g/mol. The van der Waals surface area contributed by atoms with E-state index in [1.807, 2.05) is 0 Å². The number of methoxy groups -OCH3 is 1. The minimum absolute atomic E-state index is 0.260. The van der Waals surface area contributed by atoms with Crippen LogP contribution < -0.4 is 0 Å². The Hall–Kier alpha value is -1.66. The summed E-state index contributed by atoms with van der Waals surface area (Å²) in [5.41, 5.74) is 5.49. The van der Waals surface area contributed by atoms with Crippen LogP contribution in [0.1, 0.15) is 40.5 Å². The van der Waals surface area contributed by atoms with Crippen molar-refractivity contribution in [1.82, 2.24) is 4.90 Å². The summed E-state index contributed by atoms with van der Waals surface area (Å²) in [6, 6.07) is 0. The van der Waals surface area contributed by atoms with Crippen molar-refractivity contribution in [3.63, 3.8) is 0 Å². The number of esters is 1. The number of hydrogen-bond acceptors (Lipinski definition) is 6. The van der Waals surface area contributed by atoms with Crippen molar-refractivity contribution in [2.75, 3.05) is 33.4 Å². The van der Waals surface area contributed by atoms with E-state index in [2.05, 4.69) is 42.5 Å². The second-order valence-electron chi connectivity index (χ2n) is 7.10. The molecule has 6 nitrogen and oxygen atoms in total. The summed E-state index contributed by atoms with van der Waals surface area (Å²) in [6.07, 6.45) is 3.46. The van der Waals surface area contributed by atoms with E-state index in [9.17, 15) is 4.79 Å². The zero-order valence-electron chi connectivity index (χ0n) is 16.0. The second kappa shape index (κ2) is 9.15. The topological polar surface area (TPSA) is 60.4 Å². The Labute approximate surface area is 150 Å². The molecule has 0 aromatic rings. The lowest BCUT2D eigenvalue weighted by Crippen LogP contribution is -2.46. The first-order valence-electron chi connectivity index (χ1n) is 8.85. The highest BCUT2D eigenvalue weighted by molar-refractivity contribution is 6.22. The quantitative estimate of drug-likeness (QED) is 0.319. The number of nitrogens with zero attached hydrogens (tertiary/aromatic N) is 2. The molecule has 0 aromatic carbocycles. The summed E-state index contributed by atoms with van der Waals surface area (Å²) in [4.78, 5) is 18.9. The fourth-order valence-corrected chi connectivity index (χ4v) is 3.44. The van der Waals surface area contributed by atoms with E-state index in [1.165, 1.54) is 29.4 Å². The van der Waals surface area contributed by atoms with Gasteiger partial charge in [-0.05, 0) is 51.7 Å². The average molecular weight is 350 g/mol. The first-order valence-corrected chi connectivity index (χ1v) is 8.85. The van der Waals surface area contributed by atoms with E-state index < -0.39 is 5.97 Å². The van der Waals surface area contributed by atoms with Crippen LogP contribution in [0.4, 0.5) is 0 Å². The summed E-state index contributed by atoms with van der Waals surface area (Å²) in [7, 11) is 1.32. The molecule has 1 fully saturated rings. The highest BCUT2D eigenvalue weighted by Gasteiger charge is 2.25. The van der Waals surface area contributed by atoms with E-state index in [-0.39, 0.29) is 12.2 Å². The minimum atomic E-state index is -0.513. The van der Waals surface area contributed by atoms with E-state index >= 15 is 0 Å². The summed E-state index contributed by atoms with van der Waals surface area (Å²) in [5, 5.41) is 3.70. The van der Waals surface area contributed by atoms with Gasteiger partial charge in [0.25, 0.3) is 0 Å². The summed E-state index contributed by atoms with van der Waals surface area (Å²) in [5.74, 6) is -0.513. The van der Waals surface area contributed by atoms with Crippen LogP contribution in [0.3, 0.4) is 0 Å². The van der Waals surface area contributed by atoms with Gasteiger partial charge in [0, 0.05) is 19.6 Å². The SMILES string of the molecule is COC(=O)C=NOCC1=C(CN2CC(C)OC(C)C2)CC(C)=C(C)C1. The number of allylic oxidation sites excluding steroid dienone is 2. The summed E-state index contributed by atoms with van der Waals surface area (Å²) < 4.78 is 10.3. The molecule has 1 aliphatic heterocycles.